The minimum atomic E-state index is 0.373. The zero-order chi connectivity index (χ0) is 12.3. The molecule has 1 saturated heterocycles. The predicted molar refractivity (Wildman–Crippen MR) is 66.6 cm³/mol. The number of furan rings is 1. The summed E-state index contributed by atoms with van der Waals surface area (Å²) >= 11 is 0. The van der Waals surface area contributed by atoms with Gasteiger partial charge in [0.25, 0.3) is 0 Å². The number of rotatable bonds is 4. The van der Waals surface area contributed by atoms with Crippen LogP contribution in [0, 0.1) is 6.92 Å². The number of likely N-dealkylation sites (tertiary alicyclic amines) is 1. The van der Waals surface area contributed by atoms with Crippen molar-refractivity contribution in [3.8, 4) is 0 Å². The molecule has 0 aromatic carbocycles. The van der Waals surface area contributed by atoms with Crippen molar-refractivity contribution in [2.24, 2.45) is 5.73 Å². The monoisotopic (exact) mass is 238 g/mol. The van der Waals surface area contributed by atoms with Crippen molar-refractivity contribution in [2.45, 2.75) is 39.0 Å². The van der Waals surface area contributed by atoms with Crippen LogP contribution >= 0.6 is 0 Å². The first-order chi connectivity index (χ1) is 8.19. The van der Waals surface area contributed by atoms with Gasteiger partial charge in [0.15, 0.2) is 0 Å². The second-order valence-electron chi connectivity index (χ2n) is 4.84. The molecular weight excluding hydrogens is 216 g/mol. The van der Waals surface area contributed by atoms with E-state index >= 15 is 0 Å². The van der Waals surface area contributed by atoms with Gasteiger partial charge in [0, 0.05) is 13.1 Å². The Morgan fingerprint density at radius 1 is 1.47 bits per heavy atom. The molecule has 1 fully saturated rings. The van der Waals surface area contributed by atoms with Gasteiger partial charge in [-0.3, -0.25) is 0 Å². The number of aryl methyl sites for hydroxylation is 1. The van der Waals surface area contributed by atoms with Crippen molar-refractivity contribution in [3.63, 3.8) is 0 Å². The maximum Gasteiger partial charge on any atom is 0.130 e. The highest BCUT2D eigenvalue weighted by atomic mass is 16.5. The van der Waals surface area contributed by atoms with Crippen LogP contribution in [0.2, 0.25) is 0 Å². The summed E-state index contributed by atoms with van der Waals surface area (Å²) < 4.78 is 11.5. The number of hydrogen-bond donors (Lipinski definition) is 1. The van der Waals surface area contributed by atoms with Crippen LogP contribution in [0.15, 0.2) is 10.5 Å². The maximum atomic E-state index is 5.87. The fourth-order valence-corrected chi connectivity index (χ4v) is 2.22. The van der Waals surface area contributed by atoms with E-state index in [9.17, 15) is 0 Å². The Kier molecular flexibility index (Phi) is 4.20. The summed E-state index contributed by atoms with van der Waals surface area (Å²) in [6.45, 7) is 5.28. The van der Waals surface area contributed by atoms with E-state index in [0.717, 1.165) is 43.0 Å². The Labute approximate surface area is 103 Å². The lowest BCUT2D eigenvalue weighted by molar-refractivity contribution is -0.00508. The average Bonchev–Trinajstić information content (AvgIpc) is 2.69. The fraction of sp³-hybridized carbons (Fsp3) is 0.692. The SMILES string of the molecule is Cc1cc(COC2CCN(C)CC2)oc1CN. The smallest absolute Gasteiger partial charge is 0.130 e. The third kappa shape index (κ3) is 3.31. The van der Waals surface area contributed by atoms with Crippen molar-refractivity contribution >= 4 is 0 Å². The van der Waals surface area contributed by atoms with E-state index in [1.165, 1.54) is 0 Å². The summed E-state index contributed by atoms with van der Waals surface area (Å²) in [4.78, 5) is 2.34. The first-order valence-electron chi connectivity index (χ1n) is 6.27. The van der Waals surface area contributed by atoms with Gasteiger partial charge in [0.05, 0.1) is 12.6 Å². The second kappa shape index (κ2) is 5.67. The van der Waals surface area contributed by atoms with Crippen molar-refractivity contribution in [3.05, 3.63) is 23.2 Å². The summed E-state index contributed by atoms with van der Waals surface area (Å²) in [6.07, 6.45) is 2.60. The number of nitrogens with two attached hydrogens (primary N) is 1. The van der Waals surface area contributed by atoms with Crippen LogP contribution in [0.1, 0.15) is 29.9 Å². The molecule has 0 atom stereocenters. The molecule has 1 aromatic heterocycles. The molecule has 2 heterocycles. The molecule has 1 aliphatic heterocycles. The van der Waals surface area contributed by atoms with Crippen LogP contribution in [-0.4, -0.2) is 31.1 Å². The van der Waals surface area contributed by atoms with Gasteiger partial charge in [0.1, 0.15) is 18.1 Å². The first-order valence-corrected chi connectivity index (χ1v) is 6.27. The van der Waals surface area contributed by atoms with Crippen molar-refractivity contribution in [1.82, 2.24) is 4.90 Å². The Bertz CT molecular complexity index is 354. The van der Waals surface area contributed by atoms with Gasteiger partial charge in [0.2, 0.25) is 0 Å². The molecule has 0 spiro atoms. The quantitative estimate of drug-likeness (QED) is 0.866. The van der Waals surface area contributed by atoms with E-state index in [4.69, 9.17) is 14.9 Å². The molecule has 1 aliphatic rings. The lowest BCUT2D eigenvalue weighted by Gasteiger charge is -2.28. The molecule has 0 bridgehead atoms. The van der Waals surface area contributed by atoms with Crippen molar-refractivity contribution in [1.29, 1.82) is 0 Å². The molecule has 17 heavy (non-hydrogen) atoms. The molecule has 0 radical (unpaired) electrons. The predicted octanol–water partition coefficient (Wildman–Crippen LogP) is 1.66. The minimum Gasteiger partial charge on any atom is -0.462 e. The molecule has 0 unspecified atom stereocenters. The zero-order valence-electron chi connectivity index (χ0n) is 10.7. The van der Waals surface area contributed by atoms with E-state index in [1.54, 1.807) is 0 Å². The lowest BCUT2D eigenvalue weighted by atomic mass is 10.1. The Hall–Kier alpha value is -0.840. The number of nitrogens with zero attached hydrogens (tertiary/aromatic N) is 1. The van der Waals surface area contributed by atoms with Crippen molar-refractivity contribution < 1.29 is 9.15 Å². The van der Waals surface area contributed by atoms with Gasteiger partial charge in [-0.1, -0.05) is 0 Å². The van der Waals surface area contributed by atoms with E-state index in [-0.39, 0.29) is 0 Å². The molecule has 4 heteroatoms. The van der Waals surface area contributed by atoms with E-state index in [0.29, 0.717) is 19.3 Å². The number of piperidine rings is 1. The summed E-state index contributed by atoms with van der Waals surface area (Å²) in [5.74, 6) is 1.76. The van der Waals surface area contributed by atoms with Gasteiger partial charge >= 0.3 is 0 Å². The standard InChI is InChI=1S/C13H22N2O2/c1-10-7-12(17-13(10)8-14)9-16-11-3-5-15(2)6-4-11/h7,11H,3-6,8-9,14H2,1-2H3. The molecule has 0 saturated carbocycles. The number of ether oxygens (including phenoxy) is 1. The zero-order valence-corrected chi connectivity index (χ0v) is 10.7. The van der Waals surface area contributed by atoms with Crippen LogP contribution in [0.4, 0.5) is 0 Å². The van der Waals surface area contributed by atoms with Gasteiger partial charge in [-0.2, -0.15) is 0 Å². The van der Waals surface area contributed by atoms with E-state index in [2.05, 4.69) is 11.9 Å². The van der Waals surface area contributed by atoms with Gasteiger partial charge < -0.3 is 19.8 Å². The molecule has 0 amide bonds. The molecule has 2 rings (SSSR count). The molecule has 1 aromatic rings. The third-order valence-electron chi connectivity index (χ3n) is 3.38. The highest BCUT2D eigenvalue weighted by molar-refractivity contribution is 5.19. The van der Waals surface area contributed by atoms with Crippen LogP contribution in [0.25, 0.3) is 0 Å². The first kappa shape index (κ1) is 12.6. The summed E-state index contributed by atoms with van der Waals surface area (Å²) in [5.41, 5.74) is 6.70. The van der Waals surface area contributed by atoms with Gasteiger partial charge in [-0.05, 0) is 38.4 Å². The van der Waals surface area contributed by atoms with Gasteiger partial charge in [-0.25, -0.2) is 0 Å². The second-order valence-corrected chi connectivity index (χ2v) is 4.84. The molecule has 4 nitrogen and oxygen atoms in total. The van der Waals surface area contributed by atoms with E-state index < -0.39 is 0 Å². The van der Waals surface area contributed by atoms with Crippen LogP contribution in [-0.2, 0) is 17.9 Å². The molecule has 96 valence electrons. The fourth-order valence-electron chi connectivity index (χ4n) is 2.22. The minimum absolute atomic E-state index is 0.373. The normalized spacial score (nSPS) is 18.8. The van der Waals surface area contributed by atoms with Crippen LogP contribution in [0.5, 0.6) is 0 Å². The maximum absolute atomic E-state index is 5.87. The van der Waals surface area contributed by atoms with Crippen molar-refractivity contribution in [2.75, 3.05) is 20.1 Å². The summed E-state index contributed by atoms with van der Waals surface area (Å²) in [5, 5.41) is 0. The average molecular weight is 238 g/mol. The largest absolute Gasteiger partial charge is 0.462 e. The molecule has 0 aliphatic carbocycles. The molecule has 2 N–H and O–H groups in total. The molecular formula is C13H22N2O2. The summed E-state index contributed by atoms with van der Waals surface area (Å²) in [7, 11) is 2.15. The highest BCUT2D eigenvalue weighted by Gasteiger charge is 2.17. The highest BCUT2D eigenvalue weighted by Crippen LogP contribution is 2.18. The lowest BCUT2D eigenvalue weighted by Crippen LogP contribution is -2.34. The van der Waals surface area contributed by atoms with Gasteiger partial charge in [-0.15, -0.1) is 0 Å². The third-order valence-corrected chi connectivity index (χ3v) is 3.38. The number of hydrogen-bond acceptors (Lipinski definition) is 4. The topological polar surface area (TPSA) is 51.6 Å². The Morgan fingerprint density at radius 2 is 2.18 bits per heavy atom. The van der Waals surface area contributed by atoms with Crippen LogP contribution < -0.4 is 5.73 Å². The Morgan fingerprint density at radius 3 is 2.76 bits per heavy atom. The van der Waals surface area contributed by atoms with E-state index in [1.807, 2.05) is 13.0 Å². The summed E-state index contributed by atoms with van der Waals surface area (Å²) in [6, 6.07) is 2.02. The van der Waals surface area contributed by atoms with Crippen LogP contribution in [0.3, 0.4) is 0 Å². The Balaban J connectivity index is 1.81.